The molecular weight excluding hydrogens is 420 g/mol. The van der Waals surface area contributed by atoms with E-state index in [0.717, 1.165) is 0 Å². The van der Waals surface area contributed by atoms with E-state index in [1.54, 1.807) is 22.3 Å². The first-order chi connectivity index (χ1) is 17.0. The van der Waals surface area contributed by atoms with Crippen molar-refractivity contribution < 1.29 is 0 Å². The van der Waals surface area contributed by atoms with Crippen LogP contribution in [0.25, 0.3) is 0 Å². The van der Waals surface area contributed by atoms with Gasteiger partial charge in [0, 0.05) is 0 Å². The fraction of sp³-hybridized carbons (Fsp3) is 0.657. The van der Waals surface area contributed by atoms with Gasteiger partial charge in [-0.25, -0.2) is 0 Å². The summed E-state index contributed by atoms with van der Waals surface area (Å²) < 4.78 is 0. The number of benzene rings is 2. The molecule has 0 heterocycles. The van der Waals surface area contributed by atoms with Crippen molar-refractivity contribution in [1.82, 2.24) is 0 Å². The monoisotopic (exact) mass is 478 g/mol. The number of rotatable bonds is 8. The molecule has 0 saturated heterocycles. The van der Waals surface area contributed by atoms with Crippen molar-refractivity contribution in [3.8, 4) is 0 Å². The standard InChI is InChI=1S/C16H24.C15H22.2C2H6/c1-4-9-16(10-5-2)11-8-14-7-6-13(3)12-15(14)16;1-3-10-15(11-4-2)12-9-13-7-5-6-8-14(13)15;2*1-2/h6-7,12H,4-5,8-11H2,1-3H3;5-8H,3-4,9-12H2,1-2H3;2*1-2H3. The van der Waals surface area contributed by atoms with E-state index in [2.05, 4.69) is 77.1 Å². The molecule has 0 unspecified atom stereocenters. The van der Waals surface area contributed by atoms with Crippen molar-refractivity contribution in [2.24, 2.45) is 0 Å². The second-order valence-corrected chi connectivity index (χ2v) is 10.4. The normalized spacial score (nSPS) is 15.9. The van der Waals surface area contributed by atoms with Crippen molar-refractivity contribution in [3.05, 3.63) is 70.3 Å². The molecule has 0 amide bonds. The summed E-state index contributed by atoms with van der Waals surface area (Å²) in [6.45, 7) is 19.5. The Hall–Kier alpha value is -1.56. The molecule has 2 aliphatic carbocycles. The highest BCUT2D eigenvalue weighted by atomic mass is 14.4. The van der Waals surface area contributed by atoms with E-state index in [1.165, 1.54) is 82.6 Å². The molecule has 0 radical (unpaired) electrons. The maximum absolute atomic E-state index is 2.45. The van der Waals surface area contributed by atoms with Crippen LogP contribution < -0.4 is 0 Å². The smallest absolute Gasteiger partial charge is 0.00412 e. The second-order valence-electron chi connectivity index (χ2n) is 10.4. The lowest BCUT2D eigenvalue weighted by atomic mass is 9.74. The van der Waals surface area contributed by atoms with E-state index < -0.39 is 0 Å². The summed E-state index contributed by atoms with van der Waals surface area (Å²) in [5.41, 5.74) is 9.04. The van der Waals surface area contributed by atoms with E-state index in [0.29, 0.717) is 10.8 Å². The van der Waals surface area contributed by atoms with Crippen molar-refractivity contribution in [2.75, 3.05) is 0 Å². The summed E-state index contributed by atoms with van der Waals surface area (Å²) in [6.07, 6.45) is 16.1. The molecule has 0 saturated carbocycles. The van der Waals surface area contributed by atoms with Crippen molar-refractivity contribution in [1.29, 1.82) is 0 Å². The van der Waals surface area contributed by atoms with Crippen LogP contribution in [0.1, 0.15) is 147 Å². The molecule has 0 atom stereocenters. The Bertz CT molecular complexity index is 805. The molecule has 0 aliphatic heterocycles. The minimum atomic E-state index is 0.519. The molecule has 0 spiro atoms. The molecule has 2 aromatic carbocycles. The third kappa shape index (κ3) is 7.71. The highest BCUT2D eigenvalue weighted by Crippen LogP contribution is 2.46. The van der Waals surface area contributed by atoms with Gasteiger partial charge >= 0.3 is 0 Å². The van der Waals surface area contributed by atoms with Crippen LogP contribution in [0.4, 0.5) is 0 Å². The lowest BCUT2D eigenvalue weighted by Crippen LogP contribution is -2.22. The molecule has 2 aliphatic rings. The van der Waals surface area contributed by atoms with Crippen LogP contribution in [-0.4, -0.2) is 0 Å². The van der Waals surface area contributed by atoms with Gasteiger partial charge in [0.05, 0.1) is 0 Å². The number of fused-ring (bicyclic) bond motifs is 2. The van der Waals surface area contributed by atoms with E-state index in [1.807, 2.05) is 27.7 Å². The molecule has 0 fully saturated rings. The average molecular weight is 479 g/mol. The Balaban J connectivity index is 0.000000307. The molecule has 198 valence electrons. The van der Waals surface area contributed by atoms with Crippen molar-refractivity contribution in [3.63, 3.8) is 0 Å². The third-order valence-corrected chi connectivity index (χ3v) is 8.09. The summed E-state index contributed by atoms with van der Waals surface area (Å²) in [5.74, 6) is 0. The lowest BCUT2D eigenvalue weighted by Gasteiger charge is -2.30. The highest BCUT2D eigenvalue weighted by molar-refractivity contribution is 5.42. The van der Waals surface area contributed by atoms with Gasteiger partial charge in [-0.1, -0.05) is 129 Å². The zero-order valence-electron chi connectivity index (χ0n) is 25.0. The fourth-order valence-electron chi connectivity index (χ4n) is 6.88. The first-order valence-electron chi connectivity index (χ1n) is 15.2. The van der Waals surface area contributed by atoms with E-state index >= 15 is 0 Å². The maximum Gasteiger partial charge on any atom is -0.00412 e. The fourth-order valence-corrected chi connectivity index (χ4v) is 6.88. The van der Waals surface area contributed by atoms with Crippen LogP contribution in [0.3, 0.4) is 0 Å². The summed E-state index contributed by atoms with van der Waals surface area (Å²) in [4.78, 5) is 0. The maximum atomic E-state index is 2.45. The summed E-state index contributed by atoms with van der Waals surface area (Å²) >= 11 is 0. The van der Waals surface area contributed by atoms with Crippen LogP contribution >= 0.6 is 0 Å². The first kappa shape index (κ1) is 31.5. The minimum absolute atomic E-state index is 0.519. The molecular formula is C35H58. The Kier molecular flexibility index (Phi) is 14.6. The van der Waals surface area contributed by atoms with Crippen molar-refractivity contribution >= 4 is 0 Å². The quantitative estimate of drug-likeness (QED) is 0.354. The van der Waals surface area contributed by atoms with Crippen molar-refractivity contribution in [2.45, 2.75) is 150 Å². The summed E-state index contributed by atoms with van der Waals surface area (Å²) in [5, 5.41) is 0. The molecule has 0 bridgehead atoms. The average Bonchev–Trinajstić information content (AvgIpc) is 3.42. The Morgan fingerprint density at radius 3 is 1.49 bits per heavy atom. The lowest BCUT2D eigenvalue weighted by molar-refractivity contribution is 0.354. The molecule has 0 heteroatoms. The van der Waals surface area contributed by atoms with Gasteiger partial charge in [0.1, 0.15) is 0 Å². The van der Waals surface area contributed by atoms with Gasteiger partial charge in [0.2, 0.25) is 0 Å². The summed E-state index contributed by atoms with van der Waals surface area (Å²) in [6, 6.07) is 16.2. The first-order valence-corrected chi connectivity index (χ1v) is 15.2. The third-order valence-electron chi connectivity index (χ3n) is 8.09. The Morgan fingerprint density at radius 1 is 0.571 bits per heavy atom. The van der Waals surface area contributed by atoms with Gasteiger partial charge in [-0.15, -0.1) is 0 Å². The highest BCUT2D eigenvalue weighted by Gasteiger charge is 2.37. The minimum Gasteiger partial charge on any atom is -0.0683 e. The van der Waals surface area contributed by atoms with E-state index in [4.69, 9.17) is 0 Å². The van der Waals surface area contributed by atoms with Gasteiger partial charge in [0.25, 0.3) is 0 Å². The summed E-state index contributed by atoms with van der Waals surface area (Å²) in [7, 11) is 0. The Labute approximate surface area is 220 Å². The second kappa shape index (κ2) is 16.2. The van der Waals surface area contributed by atoms with Gasteiger partial charge in [-0.3, -0.25) is 0 Å². The molecule has 4 rings (SSSR count). The van der Waals surface area contributed by atoms with Crippen LogP contribution in [0.15, 0.2) is 42.5 Å². The van der Waals surface area contributed by atoms with Crippen LogP contribution in [0.2, 0.25) is 0 Å². The molecule has 0 aromatic heterocycles. The van der Waals surface area contributed by atoms with Gasteiger partial charge in [-0.05, 0) is 91.4 Å². The van der Waals surface area contributed by atoms with Gasteiger partial charge in [0.15, 0.2) is 0 Å². The van der Waals surface area contributed by atoms with Crippen LogP contribution in [0.5, 0.6) is 0 Å². The molecule has 0 N–H and O–H groups in total. The topological polar surface area (TPSA) is 0 Å². The molecule has 2 aromatic rings. The molecule has 0 nitrogen and oxygen atoms in total. The zero-order valence-corrected chi connectivity index (χ0v) is 25.0. The van der Waals surface area contributed by atoms with Gasteiger partial charge in [-0.2, -0.15) is 0 Å². The van der Waals surface area contributed by atoms with Gasteiger partial charge < -0.3 is 0 Å². The largest absolute Gasteiger partial charge is 0.0683 e. The number of hydrogen-bond donors (Lipinski definition) is 0. The Morgan fingerprint density at radius 2 is 1.00 bits per heavy atom. The predicted molar refractivity (Wildman–Crippen MR) is 160 cm³/mol. The molecule has 35 heavy (non-hydrogen) atoms. The van der Waals surface area contributed by atoms with Crippen LogP contribution in [-0.2, 0) is 23.7 Å². The SMILES string of the molecule is CC.CC.CCCC1(CCC)CCc2ccc(C)cc21.CCCC1(CCC)CCc2ccccc21. The number of hydrogen-bond acceptors (Lipinski definition) is 0. The van der Waals surface area contributed by atoms with E-state index in [9.17, 15) is 0 Å². The van der Waals surface area contributed by atoms with Crippen LogP contribution in [0, 0.1) is 6.92 Å². The number of aryl methyl sites for hydroxylation is 3. The zero-order chi connectivity index (χ0) is 26.3. The predicted octanol–water partition coefficient (Wildman–Crippen LogP) is 11.3. The van der Waals surface area contributed by atoms with E-state index in [-0.39, 0.29) is 0 Å².